The van der Waals surface area contributed by atoms with Crippen molar-refractivity contribution in [1.82, 2.24) is 9.55 Å². The van der Waals surface area contributed by atoms with Crippen molar-refractivity contribution in [1.29, 1.82) is 0 Å². The third-order valence-electron chi connectivity index (χ3n) is 3.67. The summed E-state index contributed by atoms with van der Waals surface area (Å²) in [6.07, 6.45) is 2.77. The van der Waals surface area contributed by atoms with Crippen LogP contribution in [0.2, 0.25) is 0 Å². The first-order valence-electron chi connectivity index (χ1n) is 7.15. The topological polar surface area (TPSA) is 114 Å². The van der Waals surface area contributed by atoms with Gasteiger partial charge in [-0.25, -0.2) is 13.8 Å². The Morgan fingerprint density at radius 2 is 2.29 bits per heavy atom. The van der Waals surface area contributed by atoms with Gasteiger partial charge in [0.25, 0.3) is 0 Å². The van der Waals surface area contributed by atoms with Crippen LogP contribution in [0.5, 0.6) is 0 Å². The number of nitrogens with zero attached hydrogens (tertiary/aromatic N) is 2. The third kappa shape index (κ3) is 4.04. The Morgan fingerprint density at radius 1 is 1.58 bits per heavy atom. The lowest BCUT2D eigenvalue weighted by Crippen LogP contribution is -2.23. The van der Waals surface area contributed by atoms with Crippen molar-refractivity contribution in [3.8, 4) is 0 Å². The summed E-state index contributed by atoms with van der Waals surface area (Å²) < 4.78 is 35.1. The van der Waals surface area contributed by atoms with Crippen molar-refractivity contribution in [2.24, 2.45) is 11.3 Å². The van der Waals surface area contributed by atoms with Crippen LogP contribution < -0.4 is 11.4 Å². The van der Waals surface area contributed by atoms with Crippen LogP contribution in [0.4, 0.5) is 10.2 Å². The molecule has 1 aromatic rings. The van der Waals surface area contributed by atoms with Crippen LogP contribution in [0.1, 0.15) is 20.3 Å². The van der Waals surface area contributed by atoms with Gasteiger partial charge in [0, 0.05) is 6.20 Å². The number of carbonyl (C=O) groups excluding carboxylic acids is 1. The monoisotopic (exact) mass is 357 g/mol. The number of nitrogens with two attached hydrogens (primary N) is 1. The highest BCUT2D eigenvalue weighted by atomic mass is 31.1. The standard InChI is InChI=1S/C14H17FN3O5P/c1-8(2)12(19)22-6-14(7-23-24-21)3-9(14)4-18-5-10(15)11(16)17-13(18)20/h4-5,8H,3,6-7H2,1-2H3,(H2,16,17,20)/b9-4-/t14-/m0/s1. The smallest absolute Gasteiger partial charge is 0.353 e. The van der Waals surface area contributed by atoms with Crippen LogP contribution in [-0.2, 0) is 18.6 Å². The molecule has 1 fully saturated rings. The summed E-state index contributed by atoms with van der Waals surface area (Å²) in [5, 5.41) is 0. The number of halogens is 1. The maximum absolute atomic E-state index is 13.5. The van der Waals surface area contributed by atoms with Crippen molar-refractivity contribution < 1.29 is 23.0 Å². The molecule has 0 amide bonds. The maximum Gasteiger partial charge on any atom is 0.353 e. The number of ether oxygens (including phenoxy) is 1. The van der Waals surface area contributed by atoms with E-state index in [4.69, 9.17) is 15.0 Å². The predicted molar refractivity (Wildman–Crippen MR) is 83.5 cm³/mol. The molecule has 10 heteroatoms. The van der Waals surface area contributed by atoms with Gasteiger partial charge in [0.15, 0.2) is 11.6 Å². The van der Waals surface area contributed by atoms with Gasteiger partial charge < -0.3 is 10.5 Å². The first-order chi connectivity index (χ1) is 11.3. The van der Waals surface area contributed by atoms with Gasteiger partial charge in [-0.3, -0.25) is 13.9 Å². The maximum atomic E-state index is 13.5. The zero-order valence-corrected chi connectivity index (χ0v) is 14.1. The zero-order valence-electron chi connectivity index (χ0n) is 13.2. The Labute approximate surface area is 138 Å². The van der Waals surface area contributed by atoms with E-state index in [1.54, 1.807) is 13.8 Å². The summed E-state index contributed by atoms with van der Waals surface area (Å²) in [7, 11) is -0.504. The lowest BCUT2D eigenvalue weighted by atomic mass is 10.1. The normalized spacial score (nSPS) is 21.4. The first-order valence-corrected chi connectivity index (χ1v) is 7.88. The molecular formula is C14H17FN3O5P. The molecule has 1 heterocycles. The number of aromatic nitrogens is 2. The van der Waals surface area contributed by atoms with E-state index in [1.165, 1.54) is 6.20 Å². The van der Waals surface area contributed by atoms with Crippen LogP contribution >= 0.6 is 8.69 Å². The molecule has 0 aromatic carbocycles. The molecule has 0 unspecified atom stereocenters. The SMILES string of the molecule is CC(C)C(=O)OC[C@]1(COP=O)C/C1=C/n1cc(F)c(N)nc1=O. The van der Waals surface area contributed by atoms with Crippen molar-refractivity contribution in [2.75, 3.05) is 18.9 Å². The number of rotatable bonds is 7. The van der Waals surface area contributed by atoms with Gasteiger partial charge in [-0.2, -0.15) is 4.98 Å². The molecule has 0 saturated heterocycles. The van der Waals surface area contributed by atoms with E-state index in [0.717, 1.165) is 10.8 Å². The van der Waals surface area contributed by atoms with Crippen LogP contribution in [-0.4, -0.2) is 28.7 Å². The molecular weight excluding hydrogens is 340 g/mol. The Kier molecular flexibility index (Phi) is 5.46. The molecule has 0 aliphatic heterocycles. The van der Waals surface area contributed by atoms with Crippen molar-refractivity contribution in [3.05, 3.63) is 28.1 Å². The molecule has 8 nitrogen and oxygen atoms in total. The van der Waals surface area contributed by atoms with E-state index in [1.807, 2.05) is 0 Å². The Morgan fingerprint density at radius 3 is 2.92 bits per heavy atom. The van der Waals surface area contributed by atoms with Crippen molar-refractivity contribution >= 4 is 26.7 Å². The fraction of sp³-hybridized carbons (Fsp3) is 0.500. The van der Waals surface area contributed by atoms with E-state index < -0.39 is 31.4 Å². The number of nitrogen functional groups attached to an aromatic ring is 1. The van der Waals surface area contributed by atoms with E-state index in [-0.39, 0.29) is 25.1 Å². The van der Waals surface area contributed by atoms with Gasteiger partial charge in [-0.1, -0.05) is 13.8 Å². The van der Waals surface area contributed by atoms with E-state index in [2.05, 4.69) is 4.98 Å². The van der Waals surface area contributed by atoms with E-state index in [0.29, 0.717) is 12.0 Å². The molecule has 0 bridgehead atoms. The number of anilines is 1. The van der Waals surface area contributed by atoms with Crippen LogP contribution in [0.25, 0.3) is 6.20 Å². The Bertz CT molecular complexity index is 748. The second-order valence-corrected chi connectivity index (χ2v) is 6.29. The quantitative estimate of drug-likeness (QED) is 0.582. The Balaban J connectivity index is 2.20. The number of hydrogen-bond donors (Lipinski definition) is 1. The summed E-state index contributed by atoms with van der Waals surface area (Å²) in [5.74, 6) is -1.96. The molecule has 24 heavy (non-hydrogen) atoms. The molecule has 2 rings (SSSR count). The third-order valence-corrected chi connectivity index (χ3v) is 3.90. The molecule has 0 spiro atoms. The van der Waals surface area contributed by atoms with Gasteiger partial charge in [0.1, 0.15) is 6.61 Å². The lowest BCUT2D eigenvalue weighted by molar-refractivity contribution is -0.149. The zero-order chi connectivity index (χ0) is 17.9. The molecule has 1 aliphatic rings. The second kappa shape index (κ2) is 7.19. The minimum atomic E-state index is -0.821. The van der Waals surface area contributed by atoms with Crippen molar-refractivity contribution in [2.45, 2.75) is 20.3 Å². The van der Waals surface area contributed by atoms with Crippen LogP contribution in [0.15, 0.2) is 16.6 Å². The molecule has 2 N–H and O–H groups in total. The Hall–Kier alpha value is -2.12. The fourth-order valence-corrected chi connectivity index (χ4v) is 2.38. The second-order valence-electron chi connectivity index (χ2n) is 5.89. The summed E-state index contributed by atoms with van der Waals surface area (Å²) in [6.45, 7) is 3.46. The summed E-state index contributed by atoms with van der Waals surface area (Å²) >= 11 is 0. The lowest BCUT2D eigenvalue weighted by Gasteiger charge is -2.14. The van der Waals surface area contributed by atoms with Gasteiger partial charge in [-0.05, 0) is 12.0 Å². The molecule has 0 radical (unpaired) electrons. The van der Waals surface area contributed by atoms with E-state index in [9.17, 15) is 18.5 Å². The summed E-state index contributed by atoms with van der Waals surface area (Å²) in [6, 6.07) is 0. The number of hydrogen-bond acceptors (Lipinski definition) is 7. The average Bonchev–Trinajstić information content (AvgIpc) is 3.21. The molecule has 1 saturated carbocycles. The fourth-order valence-electron chi connectivity index (χ4n) is 2.08. The largest absolute Gasteiger partial charge is 0.464 e. The van der Waals surface area contributed by atoms with Crippen LogP contribution in [0.3, 0.4) is 0 Å². The van der Waals surface area contributed by atoms with Gasteiger partial charge in [0.05, 0.1) is 24.1 Å². The minimum absolute atomic E-state index is 0.0188. The summed E-state index contributed by atoms with van der Waals surface area (Å²) in [4.78, 5) is 26.7. The highest BCUT2D eigenvalue weighted by Gasteiger charge is 2.51. The molecule has 1 atom stereocenters. The van der Waals surface area contributed by atoms with E-state index >= 15 is 0 Å². The van der Waals surface area contributed by atoms with Gasteiger partial charge in [-0.15, -0.1) is 0 Å². The van der Waals surface area contributed by atoms with Crippen LogP contribution in [0, 0.1) is 17.2 Å². The first kappa shape index (κ1) is 18.2. The molecule has 1 aliphatic carbocycles. The molecule has 1 aromatic heterocycles. The average molecular weight is 357 g/mol. The molecule has 130 valence electrons. The highest BCUT2D eigenvalue weighted by molar-refractivity contribution is 7.17. The predicted octanol–water partition coefficient (Wildman–Crippen LogP) is 1.62. The van der Waals surface area contributed by atoms with Gasteiger partial charge >= 0.3 is 20.3 Å². The minimum Gasteiger partial charge on any atom is -0.464 e. The highest BCUT2D eigenvalue weighted by Crippen LogP contribution is 2.53. The number of esters is 1. The number of carbonyl (C=O) groups is 1. The van der Waals surface area contributed by atoms with Gasteiger partial charge in [0.2, 0.25) is 0 Å². The van der Waals surface area contributed by atoms with Crippen molar-refractivity contribution in [3.63, 3.8) is 0 Å². The summed E-state index contributed by atoms with van der Waals surface area (Å²) in [5.41, 5.74) is 4.51.